The molecule has 5 nitrogen and oxygen atoms in total. The minimum atomic E-state index is -3.43. The molecule has 1 aliphatic heterocycles. The Bertz CT molecular complexity index is 611. The molecule has 1 unspecified atom stereocenters. The molecule has 0 amide bonds. The number of rotatable bonds is 4. The van der Waals surface area contributed by atoms with Crippen LogP contribution in [0.3, 0.4) is 0 Å². The van der Waals surface area contributed by atoms with Crippen LogP contribution in [0.5, 0.6) is 0 Å². The summed E-state index contributed by atoms with van der Waals surface area (Å²) in [7, 11) is -0.390. The van der Waals surface area contributed by atoms with E-state index < -0.39 is 10.0 Å². The summed E-state index contributed by atoms with van der Waals surface area (Å²) in [5.74, 6) is 0.553. The third-order valence-electron chi connectivity index (χ3n) is 4.16. The Labute approximate surface area is 127 Å². The second-order valence-electron chi connectivity index (χ2n) is 6.16. The summed E-state index contributed by atoms with van der Waals surface area (Å²) in [5, 5.41) is 0. The van der Waals surface area contributed by atoms with Gasteiger partial charge in [0.2, 0.25) is 10.0 Å². The van der Waals surface area contributed by atoms with Crippen LogP contribution in [0.2, 0.25) is 0 Å². The maximum absolute atomic E-state index is 12.1. The Morgan fingerprint density at radius 3 is 2.52 bits per heavy atom. The molecule has 0 aromatic heterocycles. The molecule has 1 heterocycles. The fourth-order valence-corrected chi connectivity index (χ4v) is 3.89. The van der Waals surface area contributed by atoms with E-state index in [1.54, 1.807) is 12.1 Å². The third-order valence-corrected chi connectivity index (χ3v) is 5.97. The SMILES string of the molecule is CC(C)C1CCCN1c1ccc(S(=O)(=O)N(C)C)cc1N. The van der Waals surface area contributed by atoms with Gasteiger partial charge in [-0.2, -0.15) is 0 Å². The van der Waals surface area contributed by atoms with Crippen molar-refractivity contribution < 1.29 is 8.42 Å². The summed E-state index contributed by atoms with van der Waals surface area (Å²) >= 11 is 0. The zero-order valence-electron chi connectivity index (χ0n) is 13.2. The summed E-state index contributed by atoms with van der Waals surface area (Å²) in [6.45, 7) is 5.40. The van der Waals surface area contributed by atoms with Crippen LogP contribution in [0.4, 0.5) is 11.4 Å². The Hall–Kier alpha value is -1.27. The molecular weight excluding hydrogens is 286 g/mol. The largest absolute Gasteiger partial charge is 0.397 e. The van der Waals surface area contributed by atoms with Gasteiger partial charge in [0.1, 0.15) is 0 Å². The Morgan fingerprint density at radius 1 is 1.33 bits per heavy atom. The van der Waals surface area contributed by atoms with Gasteiger partial charge in [-0.1, -0.05) is 13.8 Å². The van der Waals surface area contributed by atoms with E-state index >= 15 is 0 Å². The van der Waals surface area contributed by atoms with Crippen molar-refractivity contribution in [2.75, 3.05) is 31.3 Å². The second-order valence-corrected chi connectivity index (χ2v) is 8.31. The van der Waals surface area contributed by atoms with E-state index in [0.29, 0.717) is 17.6 Å². The summed E-state index contributed by atoms with van der Waals surface area (Å²) in [6.07, 6.45) is 2.31. The molecule has 1 aromatic rings. The van der Waals surface area contributed by atoms with E-state index in [0.717, 1.165) is 25.1 Å². The first kappa shape index (κ1) is 16.1. The van der Waals surface area contributed by atoms with Gasteiger partial charge in [0.25, 0.3) is 0 Å². The highest BCUT2D eigenvalue weighted by atomic mass is 32.2. The van der Waals surface area contributed by atoms with E-state index in [1.807, 2.05) is 6.07 Å². The fraction of sp³-hybridized carbons (Fsp3) is 0.600. The van der Waals surface area contributed by atoms with Crippen LogP contribution >= 0.6 is 0 Å². The lowest BCUT2D eigenvalue weighted by Crippen LogP contribution is -2.34. The molecule has 1 saturated heterocycles. The van der Waals surface area contributed by atoms with Gasteiger partial charge >= 0.3 is 0 Å². The molecule has 2 rings (SSSR count). The Kier molecular flexibility index (Phi) is 4.49. The van der Waals surface area contributed by atoms with Crippen molar-refractivity contribution in [2.45, 2.75) is 37.6 Å². The van der Waals surface area contributed by atoms with Crippen LogP contribution in [-0.4, -0.2) is 39.4 Å². The number of benzene rings is 1. The first-order chi connectivity index (χ1) is 9.75. The van der Waals surface area contributed by atoms with Crippen molar-refractivity contribution >= 4 is 21.4 Å². The van der Waals surface area contributed by atoms with Crippen LogP contribution in [0.25, 0.3) is 0 Å². The second kappa shape index (κ2) is 5.85. The molecule has 0 saturated carbocycles. The topological polar surface area (TPSA) is 66.6 Å². The average molecular weight is 311 g/mol. The first-order valence-corrected chi connectivity index (χ1v) is 8.78. The lowest BCUT2D eigenvalue weighted by Gasteiger charge is -2.31. The van der Waals surface area contributed by atoms with E-state index in [2.05, 4.69) is 18.7 Å². The third kappa shape index (κ3) is 3.01. The summed E-state index contributed by atoms with van der Waals surface area (Å²) < 4.78 is 25.5. The van der Waals surface area contributed by atoms with Crippen LogP contribution in [-0.2, 0) is 10.0 Å². The predicted molar refractivity (Wildman–Crippen MR) is 86.9 cm³/mol. The molecule has 1 aromatic carbocycles. The van der Waals surface area contributed by atoms with Gasteiger partial charge in [-0.15, -0.1) is 0 Å². The highest BCUT2D eigenvalue weighted by Gasteiger charge is 2.29. The van der Waals surface area contributed by atoms with Gasteiger partial charge in [-0.3, -0.25) is 0 Å². The van der Waals surface area contributed by atoms with Gasteiger partial charge in [0.05, 0.1) is 16.3 Å². The molecule has 1 fully saturated rings. The molecule has 0 aliphatic carbocycles. The van der Waals surface area contributed by atoms with Crippen molar-refractivity contribution in [2.24, 2.45) is 5.92 Å². The van der Waals surface area contributed by atoms with E-state index in [4.69, 9.17) is 5.73 Å². The highest BCUT2D eigenvalue weighted by Crippen LogP contribution is 2.34. The fourth-order valence-electron chi connectivity index (χ4n) is 2.95. The number of nitrogen functional groups attached to an aromatic ring is 1. The lowest BCUT2D eigenvalue weighted by atomic mass is 10.0. The van der Waals surface area contributed by atoms with Crippen molar-refractivity contribution in [3.8, 4) is 0 Å². The zero-order valence-corrected chi connectivity index (χ0v) is 14.0. The molecule has 0 bridgehead atoms. The van der Waals surface area contributed by atoms with Gasteiger partial charge in [-0.25, -0.2) is 12.7 Å². The van der Waals surface area contributed by atoms with Crippen molar-refractivity contribution in [1.29, 1.82) is 0 Å². The molecule has 118 valence electrons. The number of hydrogen-bond donors (Lipinski definition) is 1. The van der Waals surface area contributed by atoms with Crippen LogP contribution in [0, 0.1) is 5.92 Å². The number of anilines is 2. The minimum absolute atomic E-state index is 0.244. The van der Waals surface area contributed by atoms with Gasteiger partial charge in [0, 0.05) is 26.7 Å². The molecule has 1 aliphatic rings. The summed E-state index contributed by atoms with van der Waals surface area (Å²) in [5.41, 5.74) is 7.62. The van der Waals surface area contributed by atoms with Crippen molar-refractivity contribution in [1.82, 2.24) is 4.31 Å². The average Bonchev–Trinajstić information content (AvgIpc) is 2.87. The quantitative estimate of drug-likeness (QED) is 0.865. The molecule has 0 spiro atoms. The van der Waals surface area contributed by atoms with Gasteiger partial charge in [-0.05, 0) is 37.0 Å². The van der Waals surface area contributed by atoms with Crippen molar-refractivity contribution in [3.05, 3.63) is 18.2 Å². The first-order valence-electron chi connectivity index (χ1n) is 7.34. The number of hydrogen-bond acceptors (Lipinski definition) is 4. The van der Waals surface area contributed by atoms with Crippen LogP contribution in [0.15, 0.2) is 23.1 Å². The number of sulfonamides is 1. The molecular formula is C15H25N3O2S. The van der Waals surface area contributed by atoms with Crippen LogP contribution in [0.1, 0.15) is 26.7 Å². The monoisotopic (exact) mass is 311 g/mol. The Morgan fingerprint density at radius 2 is 2.00 bits per heavy atom. The number of nitrogens with zero attached hydrogens (tertiary/aromatic N) is 2. The molecule has 6 heteroatoms. The van der Waals surface area contributed by atoms with E-state index in [1.165, 1.54) is 18.4 Å². The maximum atomic E-state index is 12.1. The Balaban J connectivity index is 2.37. The smallest absolute Gasteiger partial charge is 0.242 e. The van der Waals surface area contributed by atoms with Gasteiger partial charge < -0.3 is 10.6 Å². The minimum Gasteiger partial charge on any atom is -0.397 e. The molecule has 0 radical (unpaired) electrons. The maximum Gasteiger partial charge on any atom is 0.242 e. The predicted octanol–water partition coefficient (Wildman–Crippen LogP) is 2.14. The molecule has 21 heavy (non-hydrogen) atoms. The van der Waals surface area contributed by atoms with E-state index in [9.17, 15) is 8.42 Å². The van der Waals surface area contributed by atoms with E-state index in [-0.39, 0.29) is 4.90 Å². The standard InChI is InChI=1S/C15H25N3O2S/c1-11(2)14-6-5-9-18(14)15-8-7-12(10-13(15)16)21(19,20)17(3)4/h7-8,10-11,14H,5-6,9,16H2,1-4H3. The van der Waals surface area contributed by atoms with Gasteiger partial charge in [0.15, 0.2) is 0 Å². The summed E-state index contributed by atoms with van der Waals surface area (Å²) in [6, 6.07) is 5.53. The normalized spacial score (nSPS) is 19.7. The number of nitrogens with two attached hydrogens (primary N) is 1. The summed E-state index contributed by atoms with van der Waals surface area (Å²) in [4.78, 5) is 2.56. The van der Waals surface area contributed by atoms with Crippen molar-refractivity contribution in [3.63, 3.8) is 0 Å². The highest BCUT2D eigenvalue weighted by molar-refractivity contribution is 7.89. The van der Waals surface area contributed by atoms with Crippen LogP contribution < -0.4 is 10.6 Å². The zero-order chi connectivity index (χ0) is 15.8. The molecule has 1 atom stereocenters. The molecule has 2 N–H and O–H groups in total. The lowest BCUT2D eigenvalue weighted by molar-refractivity contribution is 0.492.